The number of aromatic nitrogens is 3. The predicted octanol–water partition coefficient (Wildman–Crippen LogP) is 2.73. The first-order chi connectivity index (χ1) is 17.9. The molecule has 1 aliphatic carbocycles. The molecule has 37 heavy (non-hydrogen) atoms. The van der Waals surface area contributed by atoms with Crippen molar-refractivity contribution in [1.82, 2.24) is 15.0 Å². The Morgan fingerprint density at radius 2 is 1.89 bits per heavy atom. The first kappa shape index (κ1) is 26.5. The van der Waals surface area contributed by atoms with Gasteiger partial charge < -0.3 is 36.3 Å². The van der Waals surface area contributed by atoms with E-state index >= 15 is 0 Å². The summed E-state index contributed by atoms with van der Waals surface area (Å²) in [4.78, 5) is 25.2. The van der Waals surface area contributed by atoms with Crippen LogP contribution in [0.1, 0.15) is 36.0 Å². The Balaban J connectivity index is 1.48. The van der Waals surface area contributed by atoms with Gasteiger partial charge in [-0.05, 0) is 37.1 Å². The number of carbonyl (C=O) groups is 1. The molecule has 1 saturated carbocycles. The monoisotopic (exact) mass is 513 g/mol. The smallest absolute Gasteiger partial charge is 0.252 e. The zero-order chi connectivity index (χ0) is 26.2. The van der Waals surface area contributed by atoms with Gasteiger partial charge in [0, 0.05) is 24.9 Å². The van der Waals surface area contributed by atoms with Crippen LogP contribution in [0.15, 0.2) is 30.5 Å². The van der Waals surface area contributed by atoms with E-state index in [-0.39, 0.29) is 29.3 Å². The minimum atomic E-state index is -0.802. The van der Waals surface area contributed by atoms with E-state index in [1.54, 1.807) is 25.3 Å². The molecule has 6 N–H and O–H groups in total. The molecule has 0 spiro atoms. The average Bonchev–Trinajstić information content (AvgIpc) is 2.89. The molecule has 1 amide bonds. The van der Waals surface area contributed by atoms with E-state index in [1.807, 2.05) is 0 Å². The fraction of sp³-hybridized carbons (Fsp3) is 0.440. The van der Waals surface area contributed by atoms with Crippen molar-refractivity contribution in [2.45, 2.75) is 37.8 Å². The number of halogens is 1. The van der Waals surface area contributed by atoms with Gasteiger partial charge >= 0.3 is 0 Å². The lowest BCUT2D eigenvalue weighted by Crippen LogP contribution is -2.43. The number of hydrogen-bond donors (Lipinski definition) is 4. The Morgan fingerprint density at radius 1 is 1.08 bits per heavy atom. The van der Waals surface area contributed by atoms with Crippen molar-refractivity contribution in [2.75, 3.05) is 44.2 Å². The summed E-state index contributed by atoms with van der Waals surface area (Å²) in [5, 5.41) is 6.16. The second kappa shape index (κ2) is 12.6. The van der Waals surface area contributed by atoms with Gasteiger partial charge in [-0.3, -0.25) is 4.79 Å². The van der Waals surface area contributed by atoms with Crippen LogP contribution in [0.4, 0.5) is 21.7 Å². The van der Waals surface area contributed by atoms with E-state index in [0.717, 1.165) is 31.7 Å². The van der Waals surface area contributed by atoms with E-state index in [4.69, 9.17) is 25.7 Å². The highest BCUT2D eigenvalue weighted by molar-refractivity contribution is 5.98. The lowest BCUT2D eigenvalue weighted by Gasteiger charge is -2.30. The number of anilines is 3. The molecule has 0 bridgehead atoms. The van der Waals surface area contributed by atoms with Crippen molar-refractivity contribution < 1.29 is 23.4 Å². The molecule has 0 aliphatic heterocycles. The minimum Gasteiger partial charge on any atom is -0.474 e. The van der Waals surface area contributed by atoms with Gasteiger partial charge in [-0.25, -0.2) is 19.3 Å². The molecule has 1 aromatic carbocycles. The Morgan fingerprint density at radius 3 is 2.68 bits per heavy atom. The van der Waals surface area contributed by atoms with Crippen molar-refractivity contribution in [3.63, 3.8) is 0 Å². The maximum Gasteiger partial charge on any atom is 0.252 e. The lowest BCUT2D eigenvalue weighted by atomic mass is 9.91. The van der Waals surface area contributed by atoms with E-state index in [2.05, 4.69) is 25.6 Å². The second-order valence-electron chi connectivity index (χ2n) is 8.77. The molecule has 11 nitrogen and oxygen atoms in total. The minimum absolute atomic E-state index is 0.0171. The number of benzene rings is 1. The van der Waals surface area contributed by atoms with Gasteiger partial charge in [-0.2, -0.15) is 0 Å². The molecular weight excluding hydrogens is 481 g/mol. The summed E-state index contributed by atoms with van der Waals surface area (Å²) in [7, 11) is 1.61. The van der Waals surface area contributed by atoms with Crippen molar-refractivity contribution in [2.24, 2.45) is 11.5 Å². The number of ether oxygens (including phenoxy) is 3. The molecular formula is C25H32FN7O4. The Kier molecular flexibility index (Phi) is 8.99. The molecule has 0 radical (unpaired) electrons. The van der Waals surface area contributed by atoms with Crippen LogP contribution in [0.2, 0.25) is 0 Å². The van der Waals surface area contributed by atoms with E-state index in [9.17, 15) is 9.18 Å². The van der Waals surface area contributed by atoms with Gasteiger partial charge in [0.2, 0.25) is 5.88 Å². The fourth-order valence-corrected chi connectivity index (χ4v) is 4.11. The Hall–Kier alpha value is -3.61. The summed E-state index contributed by atoms with van der Waals surface area (Å²) in [5.41, 5.74) is 13.4. The van der Waals surface area contributed by atoms with Crippen LogP contribution in [-0.2, 0) is 9.47 Å². The molecule has 2 aromatic heterocycles. The predicted molar refractivity (Wildman–Crippen MR) is 138 cm³/mol. The number of amides is 1. The number of nitrogens with two attached hydrogens (primary N) is 2. The molecule has 198 valence electrons. The van der Waals surface area contributed by atoms with Crippen molar-refractivity contribution in [1.29, 1.82) is 0 Å². The standard InChI is InChI=1S/C25H32FN7O4/c1-35-8-9-36-10-11-37-22-14-29-21-12-15(6-7-20(21)31-22)30-24-16(23(28)34)13-17(26)25(33-24)32-19-5-3-2-4-18(19)27/h6-7,12-14,18-19H,2-5,8-11,27H2,1H3,(H2,28,34)(H2,30,32,33). The van der Waals surface area contributed by atoms with Crippen LogP contribution in [-0.4, -0.2) is 66.5 Å². The van der Waals surface area contributed by atoms with Crippen molar-refractivity contribution >= 4 is 34.3 Å². The van der Waals surface area contributed by atoms with Gasteiger partial charge in [0.05, 0.1) is 42.6 Å². The number of nitrogens with zero attached hydrogens (tertiary/aromatic N) is 3. The third-order valence-electron chi connectivity index (χ3n) is 6.08. The average molecular weight is 514 g/mol. The summed E-state index contributed by atoms with van der Waals surface area (Å²) >= 11 is 0. The topological polar surface area (TPSA) is 160 Å². The normalized spacial score (nSPS) is 17.5. The number of rotatable bonds is 12. The Labute approximate surface area is 214 Å². The maximum absolute atomic E-state index is 14.8. The Bertz CT molecular complexity index is 1230. The molecule has 2 atom stereocenters. The first-order valence-electron chi connectivity index (χ1n) is 12.2. The van der Waals surface area contributed by atoms with Crippen LogP contribution in [0.3, 0.4) is 0 Å². The largest absolute Gasteiger partial charge is 0.474 e. The third kappa shape index (κ3) is 7.00. The summed E-state index contributed by atoms with van der Waals surface area (Å²) in [6.07, 6.45) is 5.24. The number of fused-ring (bicyclic) bond motifs is 1. The van der Waals surface area contributed by atoms with Gasteiger partial charge in [0.1, 0.15) is 12.4 Å². The quantitative estimate of drug-likeness (QED) is 0.265. The summed E-state index contributed by atoms with van der Waals surface area (Å²) < 4.78 is 30.7. The van der Waals surface area contributed by atoms with Crippen LogP contribution in [0.25, 0.3) is 11.0 Å². The van der Waals surface area contributed by atoms with Crippen molar-refractivity contribution in [3.05, 3.63) is 41.8 Å². The number of hydrogen-bond acceptors (Lipinski definition) is 10. The van der Waals surface area contributed by atoms with Crippen LogP contribution >= 0.6 is 0 Å². The molecule has 1 aliphatic rings. The molecule has 1 fully saturated rings. The molecule has 2 unspecified atom stereocenters. The van der Waals surface area contributed by atoms with Crippen LogP contribution < -0.4 is 26.8 Å². The third-order valence-corrected chi connectivity index (χ3v) is 6.08. The lowest BCUT2D eigenvalue weighted by molar-refractivity contribution is 0.0537. The zero-order valence-electron chi connectivity index (χ0n) is 20.7. The SMILES string of the molecule is COCCOCCOc1cnc2cc(Nc3nc(NC4CCCCC4N)c(F)cc3C(N)=O)ccc2n1. The molecule has 0 saturated heterocycles. The van der Waals surface area contributed by atoms with Crippen LogP contribution in [0.5, 0.6) is 5.88 Å². The highest BCUT2D eigenvalue weighted by atomic mass is 19.1. The summed E-state index contributed by atoms with van der Waals surface area (Å²) in [6, 6.07) is 6.11. The highest BCUT2D eigenvalue weighted by Gasteiger charge is 2.24. The number of carbonyl (C=O) groups excluding carboxylic acids is 1. The second-order valence-corrected chi connectivity index (χ2v) is 8.77. The summed E-state index contributed by atoms with van der Waals surface area (Å²) in [5.74, 6) is -0.956. The molecule has 3 aromatic rings. The van der Waals surface area contributed by atoms with Gasteiger partial charge in [0.25, 0.3) is 5.91 Å². The fourth-order valence-electron chi connectivity index (χ4n) is 4.11. The van der Waals surface area contributed by atoms with Gasteiger partial charge in [-0.1, -0.05) is 12.8 Å². The van der Waals surface area contributed by atoms with E-state index in [1.165, 1.54) is 6.20 Å². The van der Waals surface area contributed by atoms with Gasteiger partial charge in [0.15, 0.2) is 11.6 Å². The van der Waals surface area contributed by atoms with E-state index < -0.39 is 11.7 Å². The van der Waals surface area contributed by atoms with E-state index in [0.29, 0.717) is 49.0 Å². The highest BCUT2D eigenvalue weighted by Crippen LogP contribution is 2.28. The number of methoxy groups -OCH3 is 1. The maximum atomic E-state index is 14.8. The molecule has 12 heteroatoms. The van der Waals surface area contributed by atoms with Crippen molar-refractivity contribution in [3.8, 4) is 5.88 Å². The first-order valence-corrected chi connectivity index (χ1v) is 12.2. The number of nitrogens with one attached hydrogen (secondary N) is 2. The zero-order valence-corrected chi connectivity index (χ0v) is 20.7. The number of primary amides is 1. The molecule has 2 heterocycles. The molecule has 4 rings (SSSR count). The number of pyridine rings is 1. The van der Waals surface area contributed by atoms with Crippen LogP contribution in [0, 0.1) is 5.82 Å². The van der Waals surface area contributed by atoms with Gasteiger partial charge in [-0.15, -0.1) is 0 Å². The summed E-state index contributed by atoms with van der Waals surface area (Å²) in [6.45, 7) is 1.75.